The average Bonchev–Trinajstić information content (AvgIpc) is 2.32. The second-order valence-corrected chi connectivity index (χ2v) is 3.36. The van der Waals surface area contributed by atoms with Gasteiger partial charge in [0.25, 0.3) is 5.91 Å². The molecular weight excluding hydrogens is 138 g/mol. The van der Waals surface area contributed by atoms with Crippen molar-refractivity contribution in [2.45, 2.75) is 25.3 Å². The molecule has 2 fully saturated rings. The molecule has 1 saturated heterocycles. The zero-order valence-electron chi connectivity index (χ0n) is 6.42. The summed E-state index contributed by atoms with van der Waals surface area (Å²) < 4.78 is 0. The Morgan fingerprint density at radius 3 is 3.00 bits per heavy atom. The van der Waals surface area contributed by atoms with Crippen LogP contribution in [0.25, 0.3) is 0 Å². The number of likely N-dealkylation sites (tertiary alicyclic amines) is 1. The number of terminal acetylenes is 1. The summed E-state index contributed by atoms with van der Waals surface area (Å²) in [6, 6.07) is 0.499. The van der Waals surface area contributed by atoms with Crippen molar-refractivity contribution in [3.63, 3.8) is 0 Å². The minimum atomic E-state index is -0.117. The van der Waals surface area contributed by atoms with Gasteiger partial charge in [-0.2, -0.15) is 0 Å². The molecule has 58 valence electrons. The van der Waals surface area contributed by atoms with Gasteiger partial charge < -0.3 is 4.90 Å². The van der Waals surface area contributed by atoms with Gasteiger partial charge >= 0.3 is 0 Å². The van der Waals surface area contributed by atoms with Crippen molar-refractivity contribution in [1.29, 1.82) is 0 Å². The molecule has 2 heteroatoms. The van der Waals surface area contributed by atoms with Crippen molar-refractivity contribution in [3.8, 4) is 12.3 Å². The lowest BCUT2D eigenvalue weighted by molar-refractivity contribution is -0.135. The lowest BCUT2D eigenvalue weighted by atomic mass is 9.92. The minimum Gasteiger partial charge on any atom is -0.328 e. The number of nitrogens with zero attached hydrogens (tertiary/aromatic N) is 1. The summed E-state index contributed by atoms with van der Waals surface area (Å²) in [5.74, 6) is 2.82. The number of fused-ring (bicyclic) bond motifs is 1. The Hall–Kier alpha value is -0.970. The molecule has 0 aromatic carbocycles. The van der Waals surface area contributed by atoms with Crippen LogP contribution >= 0.6 is 0 Å². The molecule has 0 radical (unpaired) electrons. The van der Waals surface area contributed by atoms with Crippen LogP contribution in [0.15, 0.2) is 0 Å². The molecule has 0 N–H and O–H groups in total. The molecule has 2 aliphatic rings. The largest absolute Gasteiger partial charge is 0.328 e. The molecule has 1 aliphatic carbocycles. The molecule has 2 nitrogen and oxygen atoms in total. The predicted molar refractivity (Wildman–Crippen MR) is 41.7 cm³/mol. The lowest BCUT2D eigenvalue weighted by Crippen LogP contribution is -2.55. The van der Waals surface area contributed by atoms with Crippen LogP contribution in [0, 0.1) is 18.3 Å². The Balaban J connectivity index is 2.01. The Labute approximate surface area is 66.6 Å². The van der Waals surface area contributed by atoms with E-state index in [2.05, 4.69) is 5.92 Å². The standard InChI is InChI=1S/C9H11NO/c1-2-9(11)10-6-7-4-3-5-8(7)10/h1,7-8H,3-6H2. The van der Waals surface area contributed by atoms with Crippen molar-refractivity contribution in [2.24, 2.45) is 5.92 Å². The van der Waals surface area contributed by atoms with Crippen molar-refractivity contribution in [3.05, 3.63) is 0 Å². The molecule has 0 aromatic heterocycles. The van der Waals surface area contributed by atoms with Gasteiger partial charge in [-0.3, -0.25) is 4.79 Å². The highest BCUT2D eigenvalue weighted by Crippen LogP contribution is 2.38. The quantitative estimate of drug-likeness (QED) is 0.463. The first-order valence-electron chi connectivity index (χ1n) is 4.10. The summed E-state index contributed by atoms with van der Waals surface area (Å²) in [6.45, 7) is 0.910. The number of carbonyl (C=O) groups excluding carboxylic acids is 1. The highest BCUT2D eigenvalue weighted by Gasteiger charge is 2.43. The highest BCUT2D eigenvalue weighted by molar-refractivity contribution is 5.93. The zero-order valence-corrected chi connectivity index (χ0v) is 6.42. The van der Waals surface area contributed by atoms with E-state index in [1.54, 1.807) is 0 Å². The Kier molecular flexibility index (Phi) is 1.38. The summed E-state index contributed by atoms with van der Waals surface area (Å²) in [6.07, 6.45) is 8.75. The third kappa shape index (κ3) is 0.841. The van der Waals surface area contributed by atoms with Gasteiger partial charge in [0, 0.05) is 12.6 Å². The predicted octanol–water partition coefficient (Wildman–Crippen LogP) is 0.631. The SMILES string of the molecule is C#CC(=O)N1CC2CCCC21. The van der Waals surface area contributed by atoms with E-state index in [4.69, 9.17) is 6.42 Å². The van der Waals surface area contributed by atoms with Gasteiger partial charge in [-0.1, -0.05) is 6.42 Å². The van der Waals surface area contributed by atoms with Crippen molar-refractivity contribution in [1.82, 2.24) is 4.90 Å². The van der Waals surface area contributed by atoms with E-state index in [0.29, 0.717) is 6.04 Å². The van der Waals surface area contributed by atoms with Gasteiger partial charge in [0.1, 0.15) is 0 Å². The highest BCUT2D eigenvalue weighted by atomic mass is 16.2. The van der Waals surface area contributed by atoms with Crippen LogP contribution in [0.5, 0.6) is 0 Å². The van der Waals surface area contributed by atoms with E-state index >= 15 is 0 Å². The normalized spacial score (nSPS) is 33.9. The molecule has 2 unspecified atom stereocenters. The second kappa shape index (κ2) is 2.27. The van der Waals surface area contributed by atoms with Crippen LogP contribution in [-0.2, 0) is 4.79 Å². The maximum Gasteiger partial charge on any atom is 0.298 e. The molecule has 2 rings (SSSR count). The van der Waals surface area contributed by atoms with Crippen LogP contribution in [0.1, 0.15) is 19.3 Å². The van der Waals surface area contributed by atoms with E-state index in [9.17, 15) is 4.79 Å². The molecule has 2 atom stereocenters. The summed E-state index contributed by atoms with van der Waals surface area (Å²) >= 11 is 0. The fraction of sp³-hybridized carbons (Fsp3) is 0.667. The van der Waals surface area contributed by atoms with Crippen LogP contribution in [0.4, 0.5) is 0 Å². The molecule has 0 spiro atoms. The minimum absolute atomic E-state index is 0.117. The monoisotopic (exact) mass is 149 g/mol. The number of carbonyl (C=O) groups is 1. The summed E-state index contributed by atoms with van der Waals surface area (Å²) in [5, 5.41) is 0. The first-order chi connectivity index (χ1) is 5.33. The molecular formula is C9H11NO. The first kappa shape index (κ1) is 6.72. The van der Waals surface area contributed by atoms with Crippen LogP contribution in [0.3, 0.4) is 0 Å². The molecule has 11 heavy (non-hydrogen) atoms. The van der Waals surface area contributed by atoms with Gasteiger partial charge in [0.15, 0.2) is 0 Å². The third-order valence-corrected chi connectivity index (χ3v) is 2.83. The number of amides is 1. The van der Waals surface area contributed by atoms with Crippen LogP contribution < -0.4 is 0 Å². The Bertz CT molecular complexity index is 228. The van der Waals surface area contributed by atoms with E-state index < -0.39 is 0 Å². The van der Waals surface area contributed by atoms with Gasteiger partial charge in [0.05, 0.1) is 0 Å². The Morgan fingerprint density at radius 2 is 2.36 bits per heavy atom. The summed E-state index contributed by atoms with van der Waals surface area (Å²) in [4.78, 5) is 12.9. The maximum atomic E-state index is 11.0. The number of hydrogen-bond acceptors (Lipinski definition) is 1. The second-order valence-electron chi connectivity index (χ2n) is 3.36. The van der Waals surface area contributed by atoms with Gasteiger partial charge in [0.2, 0.25) is 0 Å². The third-order valence-electron chi connectivity index (χ3n) is 2.83. The topological polar surface area (TPSA) is 20.3 Å². The average molecular weight is 149 g/mol. The van der Waals surface area contributed by atoms with Crippen LogP contribution in [0.2, 0.25) is 0 Å². The Morgan fingerprint density at radius 1 is 1.55 bits per heavy atom. The molecule has 0 aromatic rings. The van der Waals surface area contributed by atoms with E-state index in [0.717, 1.165) is 18.9 Å². The molecule has 0 bridgehead atoms. The lowest BCUT2D eigenvalue weighted by Gasteiger charge is -2.43. The fourth-order valence-electron chi connectivity index (χ4n) is 2.21. The van der Waals surface area contributed by atoms with Crippen molar-refractivity contribution in [2.75, 3.05) is 6.54 Å². The maximum absolute atomic E-state index is 11.0. The summed E-state index contributed by atoms with van der Waals surface area (Å²) in [5.41, 5.74) is 0. The summed E-state index contributed by atoms with van der Waals surface area (Å²) in [7, 11) is 0. The van der Waals surface area contributed by atoms with E-state index in [1.165, 1.54) is 12.8 Å². The first-order valence-corrected chi connectivity index (χ1v) is 4.10. The fourth-order valence-corrected chi connectivity index (χ4v) is 2.21. The molecule has 1 aliphatic heterocycles. The van der Waals surface area contributed by atoms with Gasteiger partial charge in [-0.25, -0.2) is 0 Å². The number of rotatable bonds is 0. The number of hydrogen-bond donors (Lipinski definition) is 0. The van der Waals surface area contributed by atoms with Gasteiger partial charge in [-0.05, 0) is 24.7 Å². The molecule has 1 saturated carbocycles. The van der Waals surface area contributed by atoms with Crippen LogP contribution in [-0.4, -0.2) is 23.4 Å². The smallest absolute Gasteiger partial charge is 0.298 e. The molecule has 1 heterocycles. The van der Waals surface area contributed by atoms with Crippen molar-refractivity contribution >= 4 is 5.91 Å². The van der Waals surface area contributed by atoms with E-state index in [1.807, 2.05) is 4.90 Å². The molecule has 1 amide bonds. The zero-order chi connectivity index (χ0) is 7.84. The van der Waals surface area contributed by atoms with E-state index in [-0.39, 0.29) is 5.91 Å². The van der Waals surface area contributed by atoms with Gasteiger partial charge in [-0.15, -0.1) is 6.42 Å². The van der Waals surface area contributed by atoms with Crippen molar-refractivity contribution < 1.29 is 4.79 Å².